The molecule has 0 fully saturated rings. The van der Waals surface area contributed by atoms with Gasteiger partial charge in [-0.3, -0.25) is 14.4 Å². The average molecular weight is 675 g/mol. The van der Waals surface area contributed by atoms with E-state index in [4.69, 9.17) is 14.2 Å². The molecule has 1 atom stereocenters. The van der Waals surface area contributed by atoms with Crippen LogP contribution in [0.2, 0.25) is 0 Å². The summed E-state index contributed by atoms with van der Waals surface area (Å²) in [4.78, 5) is 37.3. The molecule has 0 spiro atoms. The highest BCUT2D eigenvalue weighted by molar-refractivity contribution is 5.71. The molecule has 0 heterocycles. The molecule has 48 heavy (non-hydrogen) atoms. The van der Waals surface area contributed by atoms with Crippen LogP contribution in [0.25, 0.3) is 0 Å². The molecule has 0 aliphatic rings. The van der Waals surface area contributed by atoms with E-state index < -0.39 is 6.10 Å². The molecule has 0 aliphatic carbocycles. The van der Waals surface area contributed by atoms with Crippen molar-refractivity contribution in [3.8, 4) is 0 Å². The van der Waals surface area contributed by atoms with Gasteiger partial charge in [0.2, 0.25) is 0 Å². The number of rotatable bonds is 35. The van der Waals surface area contributed by atoms with Gasteiger partial charge in [0.15, 0.2) is 6.10 Å². The standard InChI is InChI=1S/C42H74O6/c1-4-7-10-13-16-18-20-21-22-23-25-26-29-32-35-41(44)47-38-39(37-46-40(43)34-31-28-15-12-9-6-3)48-42(45)36-33-30-27-24-19-17-14-11-8-5-2/h11,13-14,16,20-21,39H,4-10,12,15,17-19,22-38H2,1-3H3/b14-11-,16-13-,21-20-. The third kappa shape index (κ3) is 35.0. The molecular formula is C42H74O6. The zero-order valence-electron chi connectivity index (χ0n) is 31.5. The molecule has 0 saturated carbocycles. The number of hydrogen-bond acceptors (Lipinski definition) is 6. The van der Waals surface area contributed by atoms with Crippen LogP contribution in [0.5, 0.6) is 0 Å². The first-order valence-corrected chi connectivity index (χ1v) is 20.0. The predicted octanol–water partition coefficient (Wildman–Crippen LogP) is 12.2. The van der Waals surface area contributed by atoms with Crippen molar-refractivity contribution in [3.63, 3.8) is 0 Å². The zero-order valence-corrected chi connectivity index (χ0v) is 31.5. The Hall–Kier alpha value is -2.37. The van der Waals surface area contributed by atoms with Crippen LogP contribution in [0, 0.1) is 0 Å². The van der Waals surface area contributed by atoms with Gasteiger partial charge in [0.05, 0.1) is 0 Å². The van der Waals surface area contributed by atoms with Gasteiger partial charge in [0.1, 0.15) is 13.2 Å². The van der Waals surface area contributed by atoms with Crippen LogP contribution in [0.4, 0.5) is 0 Å². The topological polar surface area (TPSA) is 78.9 Å². The number of ether oxygens (including phenoxy) is 3. The van der Waals surface area contributed by atoms with Crippen molar-refractivity contribution in [2.24, 2.45) is 0 Å². The first kappa shape index (κ1) is 45.6. The summed E-state index contributed by atoms with van der Waals surface area (Å²) >= 11 is 0. The largest absolute Gasteiger partial charge is 0.462 e. The summed E-state index contributed by atoms with van der Waals surface area (Å²) in [5.74, 6) is -0.921. The van der Waals surface area contributed by atoms with Crippen LogP contribution < -0.4 is 0 Å². The number of hydrogen-bond donors (Lipinski definition) is 0. The van der Waals surface area contributed by atoms with Crippen molar-refractivity contribution in [2.75, 3.05) is 13.2 Å². The van der Waals surface area contributed by atoms with Gasteiger partial charge in [-0.15, -0.1) is 0 Å². The fourth-order valence-electron chi connectivity index (χ4n) is 5.28. The van der Waals surface area contributed by atoms with E-state index in [9.17, 15) is 14.4 Å². The third-order valence-corrected chi connectivity index (χ3v) is 8.35. The van der Waals surface area contributed by atoms with Gasteiger partial charge in [-0.1, -0.05) is 147 Å². The molecule has 6 heteroatoms. The summed E-state index contributed by atoms with van der Waals surface area (Å²) in [5, 5.41) is 0. The molecule has 0 aromatic carbocycles. The maximum Gasteiger partial charge on any atom is 0.306 e. The predicted molar refractivity (Wildman–Crippen MR) is 201 cm³/mol. The minimum absolute atomic E-state index is 0.0805. The van der Waals surface area contributed by atoms with Crippen LogP contribution in [0.1, 0.15) is 194 Å². The molecule has 6 nitrogen and oxygen atoms in total. The molecule has 0 amide bonds. The lowest BCUT2D eigenvalue weighted by atomic mass is 10.1. The highest BCUT2D eigenvalue weighted by atomic mass is 16.6. The molecule has 0 aromatic heterocycles. The second kappa shape index (κ2) is 37.4. The van der Waals surface area contributed by atoms with Crippen molar-refractivity contribution < 1.29 is 28.6 Å². The summed E-state index contributed by atoms with van der Waals surface area (Å²) < 4.78 is 16.5. The first-order valence-electron chi connectivity index (χ1n) is 20.0. The number of esters is 3. The van der Waals surface area contributed by atoms with E-state index in [1.54, 1.807) is 0 Å². The Bertz CT molecular complexity index is 830. The summed E-state index contributed by atoms with van der Waals surface area (Å²) in [7, 11) is 0. The quantitative estimate of drug-likeness (QED) is 0.0288. The Labute approximate surface area is 295 Å². The summed E-state index contributed by atoms with van der Waals surface area (Å²) in [6.07, 6.45) is 40.0. The van der Waals surface area contributed by atoms with Gasteiger partial charge in [0.25, 0.3) is 0 Å². The first-order chi connectivity index (χ1) is 23.5. The Morgan fingerprint density at radius 3 is 1.31 bits per heavy atom. The Balaban J connectivity index is 4.33. The minimum atomic E-state index is -0.773. The lowest BCUT2D eigenvalue weighted by Gasteiger charge is -2.18. The van der Waals surface area contributed by atoms with Crippen LogP contribution in [-0.4, -0.2) is 37.2 Å². The fourth-order valence-corrected chi connectivity index (χ4v) is 5.28. The highest BCUT2D eigenvalue weighted by Gasteiger charge is 2.19. The molecule has 0 saturated heterocycles. The Kier molecular flexibility index (Phi) is 35.6. The molecule has 1 unspecified atom stereocenters. The van der Waals surface area contributed by atoms with Crippen LogP contribution in [-0.2, 0) is 28.6 Å². The minimum Gasteiger partial charge on any atom is -0.462 e. The SMILES string of the molecule is CCC/C=C\CCCCCCCC(=O)OC(COC(=O)CCCCCCCC)COC(=O)CCCCCCC/C=C\C/C=C\CCCC. The zero-order chi connectivity index (χ0) is 35.2. The van der Waals surface area contributed by atoms with E-state index >= 15 is 0 Å². The van der Waals surface area contributed by atoms with Gasteiger partial charge in [0, 0.05) is 19.3 Å². The van der Waals surface area contributed by atoms with E-state index in [1.165, 1.54) is 57.8 Å². The van der Waals surface area contributed by atoms with E-state index in [2.05, 4.69) is 57.2 Å². The average Bonchev–Trinajstić information content (AvgIpc) is 3.08. The van der Waals surface area contributed by atoms with Crippen molar-refractivity contribution in [1.29, 1.82) is 0 Å². The molecule has 0 radical (unpaired) electrons. The Morgan fingerprint density at radius 1 is 0.417 bits per heavy atom. The van der Waals surface area contributed by atoms with Gasteiger partial charge in [-0.25, -0.2) is 0 Å². The molecule has 0 aliphatic heterocycles. The smallest absolute Gasteiger partial charge is 0.306 e. The van der Waals surface area contributed by atoms with E-state index in [0.29, 0.717) is 19.3 Å². The summed E-state index contributed by atoms with van der Waals surface area (Å²) in [6.45, 7) is 6.43. The van der Waals surface area contributed by atoms with Gasteiger partial charge in [-0.2, -0.15) is 0 Å². The van der Waals surface area contributed by atoms with E-state index in [-0.39, 0.29) is 31.1 Å². The summed E-state index contributed by atoms with van der Waals surface area (Å²) in [5.41, 5.74) is 0. The van der Waals surface area contributed by atoms with Gasteiger partial charge < -0.3 is 14.2 Å². The van der Waals surface area contributed by atoms with Gasteiger partial charge in [-0.05, 0) is 64.2 Å². The maximum absolute atomic E-state index is 12.6. The molecule has 0 rings (SSSR count). The Morgan fingerprint density at radius 2 is 0.812 bits per heavy atom. The van der Waals surface area contributed by atoms with Crippen molar-refractivity contribution >= 4 is 17.9 Å². The second-order valence-corrected chi connectivity index (χ2v) is 13.2. The van der Waals surface area contributed by atoms with E-state index in [1.807, 2.05) is 0 Å². The second-order valence-electron chi connectivity index (χ2n) is 13.2. The van der Waals surface area contributed by atoms with Crippen molar-refractivity contribution in [1.82, 2.24) is 0 Å². The van der Waals surface area contributed by atoms with Crippen molar-refractivity contribution in [2.45, 2.75) is 200 Å². The van der Waals surface area contributed by atoms with Crippen LogP contribution in [0.3, 0.4) is 0 Å². The lowest BCUT2D eigenvalue weighted by molar-refractivity contribution is -0.167. The highest BCUT2D eigenvalue weighted by Crippen LogP contribution is 2.12. The fraction of sp³-hybridized carbons (Fsp3) is 0.786. The molecule has 278 valence electrons. The van der Waals surface area contributed by atoms with Crippen LogP contribution in [0.15, 0.2) is 36.5 Å². The number of allylic oxidation sites excluding steroid dienone is 6. The molecule has 0 bridgehead atoms. The van der Waals surface area contributed by atoms with Crippen molar-refractivity contribution in [3.05, 3.63) is 36.5 Å². The normalized spacial score (nSPS) is 12.3. The van der Waals surface area contributed by atoms with Crippen LogP contribution >= 0.6 is 0 Å². The number of unbranched alkanes of at least 4 members (excludes halogenated alkanes) is 18. The monoisotopic (exact) mass is 675 g/mol. The van der Waals surface area contributed by atoms with E-state index in [0.717, 1.165) is 96.3 Å². The number of carbonyl (C=O) groups is 3. The maximum atomic E-state index is 12.6. The molecule has 0 N–H and O–H groups in total. The number of carbonyl (C=O) groups excluding carboxylic acids is 3. The lowest BCUT2D eigenvalue weighted by Crippen LogP contribution is -2.30. The molecular weight excluding hydrogens is 600 g/mol. The summed E-state index contributed by atoms with van der Waals surface area (Å²) in [6, 6.07) is 0. The molecule has 0 aromatic rings. The van der Waals surface area contributed by atoms with Gasteiger partial charge >= 0.3 is 17.9 Å². The third-order valence-electron chi connectivity index (χ3n) is 8.35.